The third kappa shape index (κ3) is 4.43. The summed E-state index contributed by atoms with van der Waals surface area (Å²) in [5, 5.41) is 7.98. The van der Waals surface area contributed by atoms with E-state index < -0.39 is 17.4 Å². The largest absolute Gasteiger partial charge is 0.461 e. The molecule has 1 aromatic heterocycles. The van der Waals surface area contributed by atoms with Crippen LogP contribution in [0.1, 0.15) is 73.0 Å². The van der Waals surface area contributed by atoms with Crippen molar-refractivity contribution in [1.82, 2.24) is 15.1 Å². The summed E-state index contributed by atoms with van der Waals surface area (Å²) in [5.41, 5.74) is 0.367. The van der Waals surface area contributed by atoms with E-state index in [0.29, 0.717) is 16.6 Å². The van der Waals surface area contributed by atoms with Crippen LogP contribution in [0.25, 0.3) is 0 Å². The van der Waals surface area contributed by atoms with Gasteiger partial charge in [-0.05, 0) is 70.1 Å². The van der Waals surface area contributed by atoms with Crippen LogP contribution in [-0.4, -0.2) is 45.8 Å². The number of fused-ring (bicyclic) bond motifs is 1. The maximum Gasteiger partial charge on any atom is 0.358 e. The number of hydrogen-bond donors (Lipinski definition) is 1. The van der Waals surface area contributed by atoms with Crippen molar-refractivity contribution in [3.63, 3.8) is 0 Å². The average molecular weight is 487 g/mol. The van der Waals surface area contributed by atoms with Crippen molar-refractivity contribution in [2.75, 3.05) is 11.5 Å². The smallest absolute Gasteiger partial charge is 0.358 e. The third-order valence-corrected chi connectivity index (χ3v) is 7.30. The van der Waals surface area contributed by atoms with E-state index in [-0.39, 0.29) is 36.5 Å². The van der Waals surface area contributed by atoms with Crippen LogP contribution >= 0.6 is 11.6 Å². The van der Waals surface area contributed by atoms with E-state index in [1.54, 1.807) is 26.0 Å². The topological polar surface area (TPSA) is 93.5 Å². The molecule has 9 heteroatoms. The van der Waals surface area contributed by atoms with Gasteiger partial charge < -0.3 is 10.1 Å². The molecule has 0 saturated heterocycles. The minimum absolute atomic E-state index is 0.0398. The van der Waals surface area contributed by atoms with Crippen LogP contribution in [0, 0.1) is 12.8 Å². The molecule has 1 atom stereocenters. The monoisotopic (exact) mass is 486 g/mol. The first kappa shape index (κ1) is 24.3. The molecule has 2 amide bonds. The van der Waals surface area contributed by atoms with Gasteiger partial charge in [-0.15, -0.1) is 0 Å². The van der Waals surface area contributed by atoms with E-state index >= 15 is 0 Å². The van der Waals surface area contributed by atoms with Gasteiger partial charge in [-0.1, -0.05) is 24.6 Å². The predicted octanol–water partition coefficient (Wildman–Crippen LogP) is 4.14. The zero-order valence-corrected chi connectivity index (χ0v) is 20.8. The molecule has 0 unspecified atom stereocenters. The number of benzene rings is 1. The zero-order valence-electron chi connectivity index (χ0n) is 20.1. The molecule has 4 rings (SSSR count). The quantitative estimate of drug-likeness (QED) is 0.641. The number of hydrogen-bond acceptors (Lipinski definition) is 5. The van der Waals surface area contributed by atoms with Crippen molar-refractivity contribution in [1.29, 1.82) is 0 Å². The molecule has 182 valence electrons. The number of esters is 1. The Balaban J connectivity index is 1.73. The molecule has 0 radical (unpaired) electrons. The molecule has 2 aromatic rings. The number of halogens is 1. The Kier molecular flexibility index (Phi) is 6.71. The van der Waals surface area contributed by atoms with Gasteiger partial charge in [0.2, 0.25) is 5.91 Å². The summed E-state index contributed by atoms with van der Waals surface area (Å²) in [7, 11) is 0. The number of aromatic nitrogens is 2. The fourth-order valence-electron chi connectivity index (χ4n) is 4.76. The van der Waals surface area contributed by atoms with Crippen LogP contribution in [0.5, 0.6) is 0 Å². The van der Waals surface area contributed by atoms with Gasteiger partial charge in [0.1, 0.15) is 11.2 Å². The lowest BCUT2D eigenvalue weighted by atomic mass is 9.86. The van der Waals surface area contributed by atoms with E-state index in [9.17, 15) is 14.4 Å². The lowest BCUT2D eigenvalue weighted by molar-refractivity contribution is -0.127. The van der Waals surface area contributed by atoms with Crippen LogP contribution < -0.4 is 10.2 Å². The number of nitrogens with one attached hydrogen (secondary N) is 1. The molecule has 1 fully saturated rings. The van der Waals surface area contributed by atoms with Crippen LogP contribution in [0.4, 0.5) is 5.69 Å². The lowest BCUT2D eigenvalue weighted by Crippen LogP contribution is -2.65. The molecule has 2 aliphatic rings. The normalized spacial score (nSPS) is 24.5. The van der Waals surface area contributed by atoms with E-state index in [1.807, 2.05) is 13.0 Å². The summed E-state index contributed by atoms with van der Waals surface area (Å²) in [6, 6.07) is 6.78. The number of amides is 2. The standard InChI is InChI=1S/C25H31ClN4O4/c1-5-34-23(32)20-13-21-22(31)30(18-11-8-16(3)19(26)12-18)25(4,14-29(21)28-20)24(33)27-17-9-6-15(2)7-10-17/h8,11-13,15,17H,5-7,9-10,14H2,1-4H3,(H,27,33)/t15?,17?,25-/m1/s1. The highest BCUT2D eigenvalue weighted by Crippen LogP contribution is 2.35. The van der Waals surface area contributed by atoms with Crippen molar-refractivity contribution >= 4 is 35.1 Å². The van der Waals surface area contributed by atoms with Crippen LogP contribution in [0.3, 0.4) is 0 Å². The second kappa shape index (κ2) is 9.41. The summed E-state index contributed by atoms with van der Waals surface area (Å²) < 4.78 is 6.49. The third-order valence-electron chi connectivity index (χ3n) is 6.89. The van der Waals surface area contributed by atoms with E-state index in [4.69, 9.17) is 16.3 Å². The molecular formula is C25H31ClN4O4. The number of ether oxygens (including phenoxy) is 1. The van der Waals surface area contributed by atoms with Crippen molar-refractivity contribution in [3.8, 4) is 0 Å². The highest BCUT2D eigenvalue weighted by molar-refractivity contribution is 6.31. The zero-order chi connectivity index (χ0) is 24.6. The molecule has 1 saturated carbocycles. The second-order valence-corrected chi connectivity index (χ2v) is 9.98. The van der Waals surface area contributed by atoms with Gasteiger partial charge in [0.05, 0.1) is 13.2 Å². The van der Waals surface area contributed by atoms with Gasteiger partial charge in [-0.25, -0.2) is 4.79 Å². The Hall–Kier alpha value is -2.87. The predicted molar refractivity (Wildman–Crippen MR) is 129 cm³/mol. The first-order valence-electron chi connectivity index (χ1n) is 11.8. The molecule has 34 heavy (non-hydrogen) atoms. The molecular weight excluding hydrogens is 456 g/mol. The Morgan fingerprint density at radius 3 is 2.59 bits per heavy atom. The van der Waals surface area contributed by atoms with Crippen molar-refractivity contribution in [2.24, 2.45) is 5.92 Å². The summed E-state index contributed by atoms with van der Waals surface area (Å²) in [6.07, 6.45) is 3.94. The Morgan fingerprint density at radius 1 is 1.24 bits per heavy atom. The van der Waals surface area contributed by atoms with Gasteiger partial charge in [0, 0.05) is 22.8 Å². The molecule has 1 N–H and O–H groups in total. The number of carbonyl (C=O) groups excluding carboxylic acids is 3. The molecule has 1 aliphatic heterocycles. The highest BCUT2D eigenvalue weighted by Gasteiger charge is 2.49. The van der Waals surface area contributed by atoms with Crippen LogP contribution in [0.2, 0.25) is 5.02 Å². The fraction of sp³-hybridized carbons (Fsp3) is 0.520. The molecule has 0 bridgehead atoms. The maximum absolute atomic E-state index is 13.8. The molecule has 0 spiro atoms. The summed E-state index contributed by atoms with van der Waals surface area (Å²) in [5.74, 6) is -0.635. The average Bonchev–Trinajstić information content (AvgIpc) is 3.22. The van der Waals surface area contributed by atoms with Gasteiger partial charge in [-0.3, -0.25) is 19.2 Å². The van der Waals surface area contributed by atoms with E-state index in [1.165, 1.54) is 15.6 Å². The second-order valence-electron chi connectivity index (χ2n) is 9.57. The molecule has 1 aromatic carbocycles. The fourth-order valence-corrected chi connectivity index (χ4v) is 4.93. The van der Waals surface area contributed by atoms with Crippen molar-refractivity contribution < 1.29 is 19.1 Å². The summed E-state index contributed by atoms with van der Waals surface area (Å²) >= 11 is 6.39. The number of carbonyl (C=O) groups is 3. The highest BCUT2D eigenvalue weighted by atomic mass is 35.5. The minimum Gasteiger partial charge on any atom is -0.461 e. The van der Waals surface area contributed by atoms with Gasteiger partial charge >= 0.3 is 5.97 Å². The molecule has 1 aliphatic carbocycles. The lowest BCUT2D eigenvalue weighted by Gasteiger charge is -2.44. The minimum atomic E-state index is -1.27. The van der Waals surface area contributed by atoms with Crippen LogP contribution in [-0.2, 0) is 16.1 Å². The maximum atomic E-state index is 13.8. The van der Waals surface area contributed by atoms with Gasteiger partial charge in [0.15, 0.2) is 5.69 Å². The number of anilines is 1. The summed E-state index contributed by atoms with van der Waals surface area (Å²) in [6.45, 7) is 7.82. The SMILES string of the molecule is CCOC(=O)c1cc2n(n1)C[C@](C)(C(=O)NC1CCC(C)CC1)N(c1ccc(C)c(Cl)c1)C2=O. The Bertz CT molecular complexity index is 1120. The van der Waals surface area contributed by atoms with E-state index in [2.05, 4.69) is 17.3 Å². The number of rotatable bonds is 5. The first-order chi connectivity index (χ1) is 16.1. The first-order valence-corrected chi connectivity index (χ1v) is 12.2. The number of nitrogens with zero attached hydrogens (tertiary/aromatic N) is 3. The van der Waals surface area contributed by atoms with Crippen LogP contribution in [0.15, 0.2) is 24.3 Å². The van der Waals surface area contributed by atoms with Crippen molar-refractivity contribution in [2.45, 2.75) is 71.5 Å². The van der Waals surface area contributed by atoms with Gasteiger partial charge in [0.25, 0.3) is 5.91 Å². The van der Waals surface area contributed by atoms with E-state index in [0.717, 1.165) is 31.2 Å². The Morgan fingerprint density at radius 2 is 1.94 bits per heavy atom. The molecule has 8 nitrogen and oxygen atoms in total. The molecule has 2 heterocycles. The van der Waals surface area contributed by atoms with Crippen molar-refractivity contribution in [3.05, 3.63) is 46.2 Å². The summed E-state index contributed by atoms with van der Waals surface area (Å²) in [4.78, 5) is 41.2. The Labute approximate surface area is 204 Å². The van der Waals surface area contributed by atoms with Gasteiger partial charge in [-0.2, -0.15) is 5.10 Å². The number of aryl methyl sites for hydroxylation is 1.